The van der Waals surface area contributed by atoms with Gasteiger partial charge in [-0.05, 0) is 17.7 Å². The number of carbonyl (C=O) groups excluding carboxylic acids is 1. The van der Waals surface area contributed by atoms with Crippen molar-refractivity contribution in [1.82, 2.24) is 4.90 Å². The topological polar surface area (TPSA) is 76.1 Å². The Morgan fingerprint density at radius 2 is 1.89 bits per heavy atom. The molecule has 6 heteroatoms. The van der Waals surface area contributed by atoms with E-state index in [-0.39, 0.29) is 19.6 Å². The van der Waals surface area contributed by atoms with Crippen molar-refractivity contribution in [1.29, 1.82) is 0 Å². The van der Waals surface area contributed by atoms with Crippen molar-refractivity contribution < 1.29 is 24.2 Å². The second kappa shape index (κ2) is 7.25. The molecule has 0 heterocycles. The molecule has 0 bridgehead atoms. The quantitative estimate of drug-likeness (QED) is 0.849. The van der Waals surface area contributed by atoms with E-state index in [1.165, 1.54) is 11.9 Å². The Hall–Kier alpha value is -2.24. The Balaban J connectivity index is 2.38. The molecule has 0 aliphatic heterocycles. The van der Waals surface area contributed by atoms with E-state index in [9.17, 15) is 9.59 Å². The molecule has 0 aliphatic rings. The summed E-state index contributed by atoms with van der Waals surface area (Å²) in [6, 6.07) is 7.14. The Labute approximate surface area is 111 Å². The molecule has 1 rings (SSSR count). The minimum absolute atomic E-state index is 0.103. The zero-order chi connectivity index (χ0) is 14.3. The first-order valence-electron chi connectivity index (χ1n) is 5.75. The lowest BCUT2D eigenvalue weighted by Crippen LogP contribution is -2.29. The van der Waals surface area contributed by atoms with Crippen LogP contribution in [0.3, 0.4) is 0 Å². The molecule has 0 fully saturated rings. The predicted octanol–water partition coefficient (Wildman–Crippen LogP) is 1.74. The van der Waals surface area contributed by atoms with E-state index in [1.54, 1.807) is 31.4 Å². The summed E-state index contributed by atoms with van der Waals surface area (Å²) in [7, 11) is 3.08. The minimum Gasteiger partial charge on any atom is -0.497 e. The highest BCUT2D eigenvalue weighted by Crippen LogP contribution is 2.12. The number of carbonyl (C=O) groups is 2. The third-order valence-corrected chi connectivity index (χ3v) is 2.49. The summed E-state index contributed by atoms with van der Waals surface area (Å²) in [5.74, 6) is -0.219. The second-order valence-electron chi connectivity index (χ2n) is 3.97. The number of ether oxygens (including phenoxy) is 2. The molecule has 0 aliphatic carbocycles. The van der Waals surface area contributed by atoms with Gasteiger partial charge in [-0.25, -0.2) is 4.79 Å². The lowest BCUT2D eigenvalue weighted by molar-refractivity contribution is -0.137. The number of methoxy groups -OCH3 is 1. The summed E-state index contributed by atoms with van der Waals surface area (Å²) in [6.45, 7) is 0.261. The Bertz CT molecular complexity index is 429. The van der Waals surface area contributed by atoms with Crippen LogP contribution >= 0.6 is 0 Å². The van der Waals surface area contributed by atoms with Gasteiger partial charge in [-0.15, -0.1) is 0 Å². The van der Waals surface area contributed by atoms with E-state index in [0.29, 0.717) is 0 Å². The first kappa shape index (κ1) is 14.8. The van der Waals surface area contributed by atoms with E-state index in [1.807, 2.05) is 0 Å². The molecule has 1 aromatic rings. The molecule has 104 valence electrons. The molecule has 0 saturated heterocycles. The molecule has 0 radical (unpaired) electrons. The molecule has 0 aromatic heterocycles. The van der Waals surface area contributed by atoms with Crippen LogP contribution < -0.4 is 4.74 Å². The number of aliphatic carboxylic acids is 1. The summed E-state index contributed by atoms with van der Waals surface area (Å²) >= 11 is 0. The highest BCUT2D eigenvalue weighted by molar-refractivity contribution is 5.70. The van der Waals surface area contributed by atoms with Crippen LogP contribution in [0.25, 0.3) is 0 Å². The van der Waals surface area contributed by atoms with Crippen LogP contribution in [0, 0.1) is 0 Å². The molecule has 0 unspecified atom stereocenters. The number of nitrogens with zero attached hydrogens (tertiary/aromatic N) is 1. The van der Waals surface area contributed by atoms with Crippen molar-refractivity contribution in [3.63, 3.8) is 0 Å². The number of amides is 1. The van der Waals surface area contributed by atoms with E-state index in [2.05, 4.69) is 0 Å². The fourth-order valence-corrected chi connectivity index (χ4v) is 1.33. The lowest BCUT2D eigenvalue weighted by atomic mass is 10.2. The van der Waals surface area contributed by atoms with Crippen LogP contribution in [0.2, 0.25) is 0 Å². The molecule has 1 amide bonds. The van der Waals surface area contributed by atoms with Gasteiger partial charge in [-0.2, -0.15) is 0 Å². The molecule has 19 heavy (non-hydrogen) atoms. The molecule has 1 N–H and O–H groups in total. The van der Waals surface area contributed by atoms with E-state index in [0.717, 1.165) is 11.3 Å². The van der Waals surface area contributed by atoms with Gasteiger partial charge in [-0.3, -0.25) is 4.79 Å². The van der Waals surface area contributed by atoms with Crippen LogP contribution in [0.5, 0.6) is 5.75 Å². The van der Waals surface area contributed by atoms with Crippen molar-refractivity contribution in [2.75, 3.05) is 20.7 Å². The minimum atomic E-state index is -0.949. The van der Waals surface area contributed by atoms with Gasteiger partial charge >= 0.3 is 12.1 Å². The second-order valence-corrected chi connectivity index (χ2v) is 3.97. The normalized spacial score (nSPS) is 9.79. The van der Waals surface area contributed by atoms with Gasteiger partial charge < -0.3 is 19.5 Å². The van der Waals surface area contributed by atoms with Crippen molar-refractivity contribution in [2.45, 2.75) is 13.0 Å². The van der Waals surface area contributed by atoms with Gasteiger partial charge in [0.25, 0.3) is 0 Å². The van der Waals surface area contributed by atoms with Crippen LogP contribution in [-0.2, 0) is 16.1 Å². The Morgan fingerprint density at radius 3 is 2.42 bits per heavy atom. The number of hydrogen-bond donors (Lipinski definition) is 1. The molecular weight excluding hydrogens is 250 g/mol. The molecular formula is C13H17NO5. The first-order chi connectivity index (χ1) is 9.02. The monoisotopic (exact) mass is 267 g/mol. The van der Waals surface area contributed by atoms with Gasteiger partial charge in [0.15, 0.2) is 0 Å². The smallest absolute Gasteiger partial charge is 0.409 e. The SMILES string of the molecule is COc1ccc(COC(=O)N(C)CCC(=O)O)cc1. The average Bonchev–Trinajstić information content (AvgIpc) is 2.42. The Morgan fingerprint density at radius 1 is 1.26 bits per heavy atom. The van der Waals surface area contributed by atoms with Crippen molar-refractivity contribution in [2.24, 2.45) is 0 Å². The zero-order valence-corrected chi connectivity index (χ0v) is 11.0. The molecule has 1 aromatic carbocycles. The number of carboxylic acid groups (broad SMARTS) is 1. The van der Waals surface area contributed by atoms with Crippen LogP contribution in [0.4, 0.5) is 4.79 Å². The highest BCUT2D eigenvalue weighted by atomic mass is 16.6. The van der Waals surface area contributed by atoms with Crippen molar-refractivity contribution in [3.8, 4) is 5.75 Å². The standard InChI is InChI=1S/C13H17NO5/c1-14(8-7-12(15)16)13(17)19-9-10-3-5-11(18-2)6-4-10/h3-6H,7-9H2,1-2H3,(H,15,16). The predicted molar refractivity (Wildman–Crippen MR) is 68.1 cm³/mol. The maximum absolute atomic E-state index is 11.5. The highest BCUT2D eigenvalue weighted by Gasteiger charge is 2.11. The summed E-state index contributed by atoms with van der Waals surface area (Å²) in [5.41, 5.74) is 0.834. The third-order valence-electron chi connectivity index (χ3n) is 2.49. The van der Waals surface area contributed by atoms with E-state index in [4.69, 9.17) is 14.6 Å². The number of carboxylic acids is 1. The number of benzene rings is 1. The third kappa shape index (κ3) is 5.29. The molecule has 0 atom stereocenters. The van der Waals surface area contributed by atoms with Crippen LogP contribution in [0.15, 0.2) is 24.3 Å². The largest absolute Gasteiger partial charge is 0.497 e. The summed E-state index contributed by atoms with van der Waals surface area (Å²) in [6.07, 6.45) is -0.647. The van der Waals surface area contributed by atoms with E-state index < -0.39 is 12.1 Å². The van der Waals surface area contributed by atoms with Gasteiger partial charge in [0, 0.05) is 13.6 Å². The molecule has 6 nitrogen and oxygen atoms in total. The van der Waals surface area contributed by atoms with Crippen molar-refractivity contribution >= 4 is 12.1 Å². The lowest BCUT2D eigenvalue weighted by Gasteiger charge is -2.15. The molecule has 0 spiro atoms. The van der Waals surface area contributed by atoms with Gasteiger partial charge in [0.2, 0.25) is 0 Å². The van der Waals surface area contributed by atoms with Gasteiger partial charge in [-0.1, -0.05) is 12.1 Å². The fourth-order valence-electron chi connectivity index (χ4n) is 1.33. The fraction of sp³-hybridized carbons (Fsp3) is 0.385. The van der Waals surface area contributed by atoms with Gasteiger partial charge in [0.05, 0.1) is 13.5 Å². The van der Waals surface area contributed by atoms with Crippen LogP contribution in [0.1, 0.15) is 12.0 Å². The maximum atomic E-state index is 11.5. The zero-order valence-electron chi connectivity index (χ0n) is 11.0. The van der Waals surface area contributed by atoms with Gasteiger partial charge in [0.1, 0.15) is 12.4 Å². The maximum Gasteiger partial charge on any atom is 0.409 e. The van der Waals surface area contributed by atoms with Crippen LogP contribution in [-0.4, -0.2) is 42.8 Å². The number of rotatable bonds is 6. The summed E-state index contributed by atoms with van der Waals surface area (Å²) in [4.78, 5) is 23.1. The van der Waals surface area contributed by atoms with E-state index >= 15 is 0 Å². The summed E-state index contributed by atoms with van der Waals surface area (Å²) < 4.78 is 10.1. The van der Waals surface area contributed by atoms with Crippen molar-refractivity contribution in [3.05, 3.63) is 29.8 Å². The summed E-state index contributed by atoms with van der Waals surface area (Å²) in [5, 5.41) is 8.51. The Kier molecular flexibility index (Phi) is 5.66. The average molecular weight is 267 g/mol. The number of hydrogen-bond acceptors (Lipinski definition) is 4. The molecule has 0 saturated carbocycles. The first-order valence-corrected chi connectivity index (χ1v) is 5.75.